The number of hydrogen-bond donors (Lipinski definition) is 1. The molecule has 0 aromatic carbocycles. The molecule has 1 aliphatic heterocycles. The summed E-state index contributed by atoms with van der Waals surface area (Å²) >= 11 is 0. The lowest BCUT2D eigenvalue weighted by atomic mass is 9.92. The third-order valence-corrected chi connectivity index (χ3v) is 3.11. The molecule has 2 atom stereocenters. The third kappa shape index (κ3) is 4.94. The van der Waals surface area contributed by atoms with Gasteiger partial charge in [-0.25, -0.2) is 4.79 Å². The summed E-state index contributed by atoms with van der Waals surface area (Å²) in [5.41, 5.74) is 0. The summed E-state index contributed by atoms with van der Waals surface area (Å²) in [4.78, 5) is 24.9. The van der Waals surface area contributed by atoms with Crippen LogP contribution in [0.4, 0.5) is 4.79 Å². The number of alkyl carbamates (subject to hydrolysis) is 1. The Labute approximate surface area is 109 Å². The van der Waals surface area contributed by atoms with Gasteiger partial charge in [0.2, 0.25) is 5.91 Å². The Morgan fingerprint density at radius 3 is 2.44 bits per heavy atom. The molecule has 1 N–H and O–H groups in total. The lowest BCUT2D eigenvalue weighted by Gasteiger charge is -2.35. The van der Waals surface area contributed by atoms with Gasteiger partial charge in [-0.3, -0.25) is 4.79 Å². The van der Waals surface area contributed by atoms with Gasteiger partial charge in [0.25, 0.3) is 0 Å². The van der Waals surface area contributed by atoms with Gasteiger partial charge in [0.1, 0.15) is 0 Å². The lowest BCUT2D eigenvalue weighted by molar-refractivity contribution is -0.133. The van der Waals surface area contributed by atoms with E-state index in [1.165, 1.54) is 6.42 Å². The first-order valence-electron chi connectivity index (χ1n) is 6.71. The minimum atomic E-state index is -0.453. The molecule has 1 fully saturated rings. The van der Waals surface area contributed by atoms with Gasteiger partial charge >= 0.3 is 6.09 Å². The maximum Gasteiger partial charge on any atom is 0.407 e. The van der Waals surface area contributed by atoms with Crippen molar-refractivity contribution in [1.29, 1.82) is 0 Å². The monoisotopic (exact) mass is 256 g/mol. The summed E-state index contributed by atoms with van der Waals surface area (Å²) in [5.74, 6) is 1.25. The first-order valence-corrected chi connectivity index (χ1v) is 6.71. The van der Waals surface area contributed by atoms with E-state index in [1.54, 1.807) is 6.92 Å². The molecule has 0 bridgehead atoms. The molecule has 0 aliphatic carbocycles. The zero-order valence-electron chi connectivity index (χ0n) is 11.6. The lowest BCUT2D eigenvalue weighted by Crippen LogP contribution is -2.43. The molecule has 0 aromatic heterocycles. The van der Waals surface area contributed by atoms with Crippen LogP contribution >= 0.6 is 0 Å². The molecule has 2 unspecified atom stereocenters. The predicted molar refractivity (Wildman–Crippen MR) is 69.2 cm³/mol. The molecular formula is C13H24N2O3. The van der Waals surface area contributed by atoms with E-state index in [-0.39, 0.29) is 5.91 Å². The van der Waals surface area contributed by atoms with Crippen LogP contribution in [0.5, 0.6) is 0 Å². The van der Waals surface area contributed by atoms with Gasteiger partial charge in [0.05, 0.1) is 6.61 Å². The number of hydrogen-bond acceptors (Lipinski definition) is 3. The van der Waals surface area contributed by atoms with Crippen molar-refractivity contribution in [3.63, 3.8) is 0 Å². The van der Waals surface area contributed by atoms with Crippen molar-refractivity contribution in [1.82, 2.24) is 10.2 Å². The van der Waals surface area contributed by atoms with Crippen molar-refractivity contribution in [3.8, 4) is 0 Å². The van der Waals surface area contributed by atoms with Crippen molar-refractivity contribution in [2.45, 2.75) is 33.6 Å². The average Bonchev–Trinajstić information content (AvgIpc) is 2.27. The van der Waals surface area contributed by atoms with Crippen LogP contribution in [0.15, 0.2) is 0 Å². The second-order valence-corrected chi connectivity index (χ2v) is 5.14. The van der Waals surface area contributed by atoms with Crippen molar-refractivity contribution < 1.29 is 14.3 Å². The van der Waals surface area contributed by atoms with Crippen molar-refractivity contribution >= 4 is 12.0 Å². The summed E-state index contributed by atoms with van der Waals surface area (Å²) in [6, 6.07) is 0. The molecule has 5 nitrogen and oxygen atoms in total. The highest BCUT2D eigenvalue weighted by atomic mass is 16.5. The van der Waals surface area contributed by atoms with E-state index < -0.39 is 6.09 Å². The van der Waals surface area contributed by atoms with Crippen LogP contribution in [-0.4, -0.2) is 43.1 Å². The molecule has 18 heavy (non-hydrogen) atoms. The van der Waals surface area contributed by atoms with Crippen molar-refractivity contribution in [3.05, 3.63) is 0 Å². The minimum Gasteiger partial charge on any atom is -0.450 e. The van der Waals surface area contributed by atoms with Gasteiger partial charge in [0.15, 0.2) is 0 Å². The topological polar surface area (TPSA) is 58.6 Å². The molecule has 1 rings (SSSR count). The Bertz CT molecular complexity index is 284. The number of ether oxygens (including phenoxy) is 1. The molecule has 1 aliphatic rings. The van der Waals surface area contributed by atoms with Gasteiger partial charge in [-0.05, 0) is 25.2 Å². The Morgan fingerprint density at radius 2 is 1.89 bits per heavy atom. The van der Waals surface area contributed by atoms with Crippen LogP contribution in [0.3, 0.4) is 0 Å². The highest BCUT2D eigenvalue weighted by Crippen LogP contribution is 2.21. The quantitative estimate of drug-likeness (QED) is 0.831. The van der Waals surface area contributed by atoms with E-state index in [9.17, 15) is 9.59 Å². The zero-order valence-corrected chi connectivity index (χ0v) is 11.6. The van der Waals surface area contributed by atoms with Gasteiger partial charge in [0, 0.05) is 26.1 Å². The van der Waals surface area contributed by atoms with E-state index in [0.29, 0.717) is 31.4 Å². The molecule has 104 valence electrons. The predicted octanol–water partition coefficient (Wildman–Crippen LogP) is 1.63. The molecule has 1 saturated heterocycles. The van der Waals surface area contributed by atoms with Crippen LogP contribution in [-0.2, 0) is 9.53 Å². The van der Waals surface area contributed by atoms with E-state index >= 15 is 0 Å². The summed E-state index contributed by atoms with van der Waals surface area (Å²) in [5, 5.41) is 2.57. The Balaban J connectivity index is 2.25. The molecule has 0 radical (unpaired) electrons. The van der Waals surface area contributed by atoms with Gasteiger partial charge in [-0.1, -0.05) is 13.8 Å². The van der Waals surface area contributed by atoms with Crippen LogP contribution in [0.25, 0.3) is 0 Å². The van der Waals surface area contributed by atoms with Crippen molar-refractivity contribution in [2.24, 2.45) is 11.8 Å². The highest BCUT2D eigenvalue weighted by molar-refractivity contribution is 5.77. The molecule has 2 amide bonds. The van der Waals surface area contributed by atoms with Crippen LogP contribution in [0.2, 0.25) is 0 Å². The standard InChI is InChI=1S/C13H24N2O3/c1-4-18-13(17)14-6-5-12(16)15-8-10(2)7-11(3)9-15/h10-11H,4-9H2,1-3H3,(H,14,17). The smallest absolute Gasteiger partial charge is 0.407 e. The van der Waals surface area contributed by atoms with E-state index in [0.717, 1.165) is 13.1 Å². The first kappa shape index (κ1) is 14.8. The zero-order chi connectivity index (χ0) is 13.5. The summed E-state index contributed by atoms with van der Waals surface area (Å²) < 4.78 is 4.73. The summed E-state index contributed by atoms with van der Waals surface area (Å²) in [6.07, 6.45) is 1.08. The van der Waals surface area contributed by atoms with Crippen LogP contribution in [0, 0.1) is 11.8 Å². The second kappa shape index (κ2) is 7.24. The maximum absolute atomic E-state index is 12.0. The van der Waals surface area contributed by atoms with Crippen molar-refractivity contribution in [2.75, 3.05) is 26.2 Å². The SMILES string of the molecule is CCOC(=O)NCCC(=O)N1CC(C)CC(C)C1. The fourth-order valence-corrected chi connectivity index (χ4v) is 2.48. The van der Waals surface area contributed by atoms with E-state index in [2.05, 4.69) is 19.2 Å². The number of amides is 2. The maximum atomic E-state index is 12.0. The number of carbonyl (C=O) groups is 2. The van der Waals surface area contributed by atoms with Crippen LogP contribution < -0.4 is 5.32 Å². The molecule has 5 heteroatoms. The summed E-state index contributed by atoms with van der Waals surface area (Å²) in [6.45, 7) is 8.46. The largest absolute Gasteiger partial charge is 0.450 e. The van der Waals surface area contributed by atoms with Gasteiger partial charge < -0.3 is 15.0 Å². The first-order chi connectivity index (χ1) is 8.52. The molecule has 0 spiro atoms. The number of carbonyl (C=O) groups excluding carboxylic acids is 2. The fraction of sp³-hybridized carbons (Fsp3) is 0.846. The molecule has 1 heterocycles. The third-order valence-electron chi connectivity index (χ3n) is 3.11. The summed E-state index contributed by atoms with van der Waals surface area (Å²) in [7, 11) is 0. The van der Waals surface area contributed by atoms with Gasteiger partial charge in [-0.15, -0.1) is 0 Å². The second-order valence-electron chi connectivity index (χ2n) is 5.14. The number of nitrogens with zero attached hydrogens (tertiary/aromatic N) is 1. The Kier molecular flexibility index (Phi) is 5.95. The Hall–Kier alpha value is -1.26. The number of rotatable bonds is 4. The Morgan fingerprint density at radius 1 is 1.28 bits per heavy atom. The molecule has 0 aromatic rings. The number of nitrogens with one attached hydrogen (secondary N) is 1. The number of likely N-dealkylation sites (tertiary alicyclic amines) is 1. The molecule has 0 saturated carbocycles. The normalized spacial score (nSPS) is 23.6. The molecular weight excluding hydrogens is 232 g/mol. The average molecular weight is 256 g/mol. The number of piperidine rings is 1. The van der Waals surface area contributed by atoms with Crippen LogP contribution in [0.1, 0.15) is 33.6 Å². The van der Waals surface area contributed by atoms with E-state index in [4.69, 9.17) is 4.74 Å². The highest BCUT2D eigenvalue weighted by Gasteiger charge is 2.24. The fourth-order valence-electron chi connectivity index (χ4n) is 2.48. The van der Waals surface area contributed by atoms with Gasteiger partial charge in [-0.2, -0.15) is 0 Å². The van der Waals surface area contributed by atoms with E-state index in [1.807, 2.05) is 4.90 Å². The minimum absolute atomic E-state index is 0.116.